The molecule has 0 unspecified atom stereocenters. The summed E-state index contributed by atoms with van der Waals surface area (Å²) in [4.78, 5) is 6.49. The van der Waals surface area contributed by atoms with E-state index in [2.05, 4.69) is 15.5 Å². The van der Waals surface area contributed by atoms with E-state index in [4.69, 9.17) is 0 Å². The predicted octanol–water partition coefficient (Wildman–Crippen LogP) is 4.46. The summed E-state index contributed by atoms with van der Waals surface area (Å²) in [5.74, 6) is -0.263. The van der Waals surface area contributed by atoms with Crippen molar-refractivity contribution in [3.63, 3.8) is 0 Å². The molecule has 0 spiro atoms. The highest BCUT2D eigenvalue weighted by Crippen LogP contribution is 2.24. The third-order valence-corrected chi connectivity index (χ3v) is 4.17. The van der Waals surface area contributed by atoms with Gasteiger partial charge >= 0.3 is 0 Å². The largest absolute Gasteiger partial charge is 0.305 e. The van der Waals surface area contributed by atoms with Crippen LogP contribution in [0.1, 0.15) is 11.1 Å². The lowest BCUT2D eigenvalue weighted by Crippen LogP contribution is -2.11. The van der Waals surface area contributed by atoms with Crippen LogP contribution in [0.15, 0.2) is 59.0 Å². The zero-order valence-electron chi connectivity index (χ0n) is 14.1. The fraction of sp³-hybridized carbons (Fsp3) is 0.158. The van der Waals surface area contributed by atoms with Crippen molar-refractivity contribution < 1.29 is 4.39 Å². The van der Waals surface area contributed by atoms with Gasteiger partial charge in [-0.1, -0.05) is 30.3 Å². The number of benzene rings is 2. The zero-order valence-corrected chi connectivity index (χ0v) is 14.9. The third-order valence-electron chi connectivity index (χ3n) is 3.43. The molecule has 2 aromatic carbocycles. The average molecular weight is 354 g/mol. The summed E-state index contributed by atoms with van der Waals surface area (Å²) in [6.07, 6.45) is 1.60. The molecular formula is C19H19FN4S. The Morgan fingerprint density at radius 3 is 2.76 bits per heavy atom. The number of aromatic nitrogens is 1. The molecule has 0 saturated heterocycles. The van der Waals surface area contributed by atoms with Crippen molar-refractivity contribution in [2.24, 2.45) is 5.10 Å². The van der Waals surface area contributed by atoms with Crippen molar-refractivity contribution in [3.05, 3.63) is 70.9 Å². The van der Waals surface area contributed by atoms with Gasteiger partial charge in [-0.3, -0.25) is 5.43 Å². The molecule has 3 rings (SSSR count). The van der Waals surface area contributed by atoms with E-state index in [1.807, 2.05) is 60.8 Å². The number of hydrazone groups is 1. The van der Waals surface area contributed by atoms with Crippen LogP contribution in [0.2, 0.25) is 0 Å². The number of rotatable bonds is 6. The molecule has 4 nitrogen and oxygen atoms in total. The van der Waals surface area contributed by atoms with Crippen molar-refractivity contribution in [1.29, 1.82) is 0 Å². The zero-order chi connectivity index (χ0) is 17.6. The van der Waals surface area contributed by atoms with E-state index >= 15 is 0 Å². The molecule has 0 aliphatic carbocycles. The van der Waals surface area contributed by atoms with E-state index in [1.54, 1.807) is 6.21 Å². The van der Waals surface area contributed by atoms with E-state index in [1.165, 1.54) is 23.5 Å². The lowest BCUT2D eigenvalue weighted by Gasteiger charge is -2.10. The number of thiazole rings is 1. The van der Waals surface area contributed by atoms with E-state index in [0.29, 0.717) is 17.2 Å². The summed E-state index contributed by atoms with van der Waals surface area (Å²) in [5, 5.41) is 6.84. The molecule has 1 aromatic heterocycles. The number of halogens is 1. The molecule has 0 radical (unpaired) electrons. The van der Waals surface area contributed by atoms with Crippen LogP contribution in [0.5, 0.6) is 0 Å². The van der Waals surface area contributed by atoms with Crippen LogP contribution in [-0.4, -0.2) is 30.2 Å². The molecule has 0 atom stereocenters. The first-order valence-electron chi connectivity index (χ1n) is 7.84. The molecule has 25 heavy (non-hydrogen) atoms. The minimum Gasteiger partial charge on any atom is -0.305 e. The first-order chi connectivity index (χ1) is 12.1. The average Bonchev–Trinajstić information content (AvgIpc) is 3.03. The van der Waals surface area contributed by atoms with Crippen molar-refractivity contribution in [3.8, 4) is 11.3 Å². The Hall–Kier alpha value is -2.57. The molecule has 0 saturated carbocycles. The Kier molecular flexibility index (Phi) is 5.53. The second-order valence-corrected chi connectivity index (χ2v) is 6.76. The molecule has 0 amide bonds. The summed E-state index contributed by atoms with van der Waals surface area (Å²) in [6, 6.07) is 14.9. The fourth-order valence-electron chi connectivity index (χ4n) is 2.43. The summed E-state index contributed by atoms with van der Waals surface area (Å²) in [5.41, 5.74) is 6.50. The van der Waals surface area contributed by atoms with Crippen LogP contribution >= 0.6 is 11.3 Å². The van der Waals surface area contributed by atoms with Gasteiger partial charge in [0.2, 0.25) is 5.13 Å². The molecule has 3 aromatic rings. The Morgan fingerprint density at radius 1 is 1.20 bits per heavy atom. The highest BCUT2D eigenvalue weighted by Gasteiger charge is 2.03. The Bertz CT molecular complexity index is 859. The van der Waals surface area contributed by atoms with E-state index in [0.717, 1.165) is 16.8 Å². The van der Waals surface area contributed by atoms with Crippen molar-refractivity contribution in [1.82, 2.24) is 9.88 Å². The monoisotopic (exact) mass is 354 g/mol. The maximum Gasteiger partial charge on any atom is 0.203 e. The van der Waals surface area contributed by atoms with Gasteiger partial charge in [0.25, 0.3) is 0 Å². The van der Waals surface area contributed by atoms with Gasteiger partial charge in [-0.15, -0.1) is 11.3 Å². The van der Waals surface area contributed by atoms with Gasteiger partial charge in [0.1, 0.15) is 5.82 Å². The molecule has 128 valence electrons. The molecule has 1 N–H and O–H groups in total. The van der Waals surface area contributed by atoms with Crippen LogP contribution in [0.25, 0.3) is 11.3 Å². The fourth-order valence-corrected chi connectivity index (χ4v) is 3.10. The maximum absolute atomic E-state index is 13.7. The van der Waals surface area contributed by atoms with Crippen molar-refractivity contribution in [2.45, 2.75) is 6.54 Å². The Labute approximate surface area is 150 Å². The summed E-state index contributed by atoms with van der Waals surface area (Å²) in [6.45, 7) is 0.680. The second-order valence-electron chi connectivity index (χ2n) is 5.90. The summed E-state index contributed by atoms with van der Waals surface area (Å²) in [7, 11) is 3.90. The van der Waals surface area contributed by atoms with E-state index in [-0.39, 0.29) is 5.82 Å². The van der Waals surface area contributed by atoms with Gasteiger partial charge in [-0.05, 0) is 43.4 Å². The van der Waals surface area contributed by atoms with Gasteiger partial charge in [0.05, 0.1) is 11.9 Å². The lowest BCUT2D eigenvalue weighted by molar-refractivity contribution is 0.401. The van der Waals surface area contributed by atoms with Crippen molar-refractivity contribution >= 4 is 22.7 Å². The molecule has 0 bridgehead atoms. The van der Waals surface area contributed by atoms with E-state index < -0.39 is 0 Å². The summed E-state index contributed by atoms with van der Waals surface area (Å²) >= 11 is 1.48. The minimum absolute atomic E-state index is 0.263. The molecule has 0 aliphatic heterocycles. The number of nitrogens with zero attached hydrogens (tertiary/aromatic N) is 3. The number of nitrogens with one attached hydrogen (secondary N) is 1. The number of hydrogen-bond donors (Lipinski definition) is 1. The Morgan fingerprint density at radius 2 is 2.00 bits per heavy atom. The van der Waals surface area contributed by atoms with Gasteiger partial charge < -0.3 is 4.90 Å². The smallest absolute Gasteiger partial charge is 0.203 e. The quantitative estimate of drug-likeness (QED) is 0.525. The summed E-state index contributed by atoms with van der Waals surface area (Å²) < 4.78 is 13.7. The molecule has 0 aliphatic rings. The first kappa shape index (κ1) is 17.3. The normalized spacial score (nSPS) is 11.4. The first-order valence-corrected chi connectivity index (χ1v) is 8.72. The van der Waals surface area contributed by atoms with Gasteiger partial charge in [-0.2, -0.15) is 5.10 Å². The molecule has 6 heteroatoms. The predicted molar refractivity (Wildman–Crippen MR) is 103 cm³/mol. The maximum atomic E-state index is 13.7. The van der Waals surface area contributed by atoms with Crippen LogP contribution in [0.3, 0.4) is 0 Å². The Balaban J connectivity index is 1.67. The second kappa shape index (κ2) is 8.00. The highest BCUT2D eigenvalue weighted by molar-refractivity contribution is 7.14. The highest BCUT2D eigenvalue weighted by atomic mass is 32.1. The topological polar surface area (TPSA) is 40.5 Å². The molecule has 0 fully saturated rings. The van der Waals surface area contributed by atoms with Crippen LogP contribution in [0.4, 0.5) is 9.52 Å². The SMILES string of the molecule is CN(C)Cc1cc(F)cc(C=NNc2nc(-c3ccccc3)cs2)c1. The van der Waals surface area contributed by atoms with Crippen LogP contribution in [-0.2, 0) is 6.54 Å². The number of hydrogen-bond acceptors (Lipinski definition) is 5. The van der Waals surface area contributed by atoms with Crippen LogP contribution in [0, 0.1) is 5.82 Å². The minimum atomic E-state index is -0.263. The van der Waals surface area contributed by atoms with Crippen molar-refractivity contribution in [2.75, 3.05) is 19.5 Å². The molecular weight excluding hydrogens is 335 g/mol. The van der Waals surface area contributed by atoms with Crippen LogP contribution < -0.4 is 5.43 Å². The van der Waals surface area contributed by atoms with E-state index in [9.17, 15) is 4.39 Å². The van der Waals surface area contributed by atoms with Gasteiger partial charge in [0, 0.05) is 17.5 Å². The molecule has 1 heterocycles. The standard InChI is InChI=1S/C19H19FN4S/c1-24(2)12-15-8-14(9-17(20)10-15)11-21-23-19-22-18(13-25-19)16-6-4-3-5-7-16/h3-11,13H,12H2,1-2H3,(H,22,23). The lowest BCUT2D eigenvalue weighted by atomic mass is 10.1. The van der Waals surface area contributed by atoms with Gasteiger partial charge in [-0.25, -0.2) is 9.37 Å². The number of anilines is 1. The third kappa shape index (κ3) is 4.95. The van der Waals surface area contributed by atoms with Gasteiger partial charge in [0.15, 0.2) is 0 Å².